The van der Waals surface area contributed by atoms with Crippen LogP contribution in [0.2, 0.25) is 0 Å². The van der Waals surface area contributed by atoms with Gasteiger partial charge in [-0.2, -0.15) is 0 Å². The van der Waals surface area contributed by atoms with Crippen molar-refractivity contribution in [2.24, 2.45) is 0 Å². The van der Waals surface area contributed by atoms with Gasteiger partial charge < -0.3 is 0 Å². The van der Waals surface area contributed by atoms with Crippen LogP contribution < -0.4 is 0 Å². The van der Waals surface area contributed by atoms with Gasteiger partial charge in [-0.15, -0.1) is 0 Å². The summed E-state index contributed by atoms with van der Waals surface area (Å²) in [6.07, 6.45) is 7.14. The van der Waals surface area contributed by atoms with Gasteiger partial charge >= 0.3 is 0 Å². The van der Waals surface area contributed by atoms with E-state index in [2.05, 4.69) is 6.58 Å². The summed E-state index contributed by atoms with van der Waals surface area (Å²) in [6.45, 7) is 5.46. The van der Waals surface area contributed by atoms with E-state index in [4.69, 9.17) is 0 Å². The maximum atomic E-state index is 11.0. The van der Waals surface area contributed by atoms with Gasteiger partial charge in [0.15, 0.2) is 5.78 Å². The van der Waals surface area contributed by atoms with Gasteiger partial charge in [0.05, 0.1) is 0 Å². The summed E-state index contributed by atoms with van der Waals surface area (Å²) in [5, 5.41) is 0. The second-order valence-corrected chi connectivity index (χ2v) is 2.67. The minimum absolute atomic E-state index is 0.286. The third-order valence-electron chi connectivity index (χ3n) is 1.95. The van der Waals surface area contributed by atoms with Gasteiger partial charge in [-0.05, 0) is 24.5 Å². The molecule has 0 amide bonds. The van der Waals surface area contributed by atoms with Crippen molar-refractivity contribution in [1.82, 2.24) is 0 Å². The fraction of sp³-hybridized carbons (Fsp3) is 0.300. The first-order chi connectivity index (χ1) is 5.25. The molecule has 1 aliphatic carbocycles. The van der Waals surface area contributed by atoms with E-state index in [1.54, 1.807) is 6.08 Å². The van der Waals surface area contributed by atoms with Crippen LogP contribution in [0.15, 0.2) is 36.0 Å². The second kappa shape index (κ2) is 3.33. The van der Waals surface area contributed by atoms with E-state index < -0.39 is 0 Å². The van der Waals surface area contributed by atoms with Gasteiger partial charge in [0.1, 0.15) is 0 Å². The molecule has 0 aliphatic heterocycles. The van der Waals surface area contributed by atoms with E-state index in [9.17, 15) is 4.79 Å². The number of hydrogen-bond acceptors (Lipinski definition) is 1. The standard InChI is InChI=1S/C10H12O/c1-3-4-5-9-6-7-10(11)8(9)2/h3-5H,1,6-7H2,2H3/b5-4+. The third-order valence-corrected chi connectivity index (χ3v) is 1.95. The van der Waals surface area contributed by atoms with Crippen molar-refractivity contribution in [3.63, 3.8) is 0 Å². The number of Topliss-reactive ketones (excluding diaryl/α,β-unsaturated/α-hetero) is 1. The lowest BCUT2D eigenvalue weighted by Crippen LogP contribution is -1.89. The predicted octanol–water partition coefficient (Wildman–Crippen LogP) is 2.41. The summed E-state index contributed by atoms with van der Waals surface area (Å²) in [4.78, 5) is 11.0. The normalized spacial score (nSPS) is 18.5. The van der Waals surface area contributed by atoms with Crippen molar-refractivity contribution in [2.45, 2.75) is 19.8 Å². The average molecular weight is 148 g/mol. The number of carbonyl (C=O) groups is 1. The number of hydrogen-bond donors (Lipinski definition) is 0. The molecule has 1 aliphatic rings. The Kier molecular flexibility index (Phi) is 2.42. The van der Waals surface area contributed by atoms with Crippen molar-refractivity contribution in [3.8, 4) is 0 Å². The monoisotopic (exact) mass is 148 g/mol. The molecule has 0 radical (unpaired) electrons. The largest absolute Gasteiger partial charge is 0.295 e. The van der Waals surface area contributed by atoms with Gasteiger partial charge in [-0.1, -0.05) is 24.8 Å². The highest BCUT2D eigenvalue weighted by Crippen LogP contribution is 2.22. The molecule has 0 aromatic carbocycles. The lowest BCUT2D eigenvalue weighted by molar-refractivity contribution is -0.114. The molecule has 1 rings (SSSR count). The highest BCUT2D eigenvalue weighted by molar-refractivity contribution is 5.98. The molecule has 0 bridgehead atoms. The molecular formula is C10H12O. The molecule has 0 aromatic rings. The van der Waals surface area contributed by atoms with E-state index in [1.807, 2.05) is 19.1 Å². The predicted molar refractivity (Wildman–Crippen MR) is 46.3 cm³/mol. The summed E-state index contributed by atoms with van der Waals surface area (Å²) >= 11 is 0. The fourth-order valence-electron chi connectivity index (χ4n) is 1.19. The van der Waals surface area contributed by atoms with E-state index in [0.29, 0.717) is 6.42 Å². The molecule has 0 fully saturated rings. The lowest BCUT2D eigenvalue weighted by atomic mass is 10.1. The highest BCUT2D eigenvalue weighted by atomic mass is 16.1. The van der Waals surface area contributed by atoms with Crippen LogP contribution in [-0.2, 0) is 4.79 Å². The fourth-order valence-corrected chi connectivity index (χ4v) is 1.19. The van der Waals surface area contributed by atoms with Crippen molar-refractivity contribution in [1.29, 1.82) is 0 Å². The molecule has 11 heavy (non-hydrogen) atoms. The van der Waals surface area contributed by atoms with Crippen LogP contribution in [0.25, 0.3) is 0 Å². The topological polar surface area (TPSA) is 17.1 Å². The van der Waals surface area contributed by atoms with Crippen LogP contribution in [0, 0.1) is 0 Å². The van der Waals surface area contributed by atoms with Gasteiger partial charge in [0, 0.05) is 6.42 Å². The van der Waals surface area contributed by atoms with Crippen LogP contribution in [0.1, 0.15) is 19.8 Å². The summed E-state index contributed by atoms with van der Waals surface area (Å²) in [6, 6.07) is 0. The quantitative estimate of drug-likeness (QED) is 0.549. The molecule has 0 aromatic heterocycles. The number of rotatable bonds is 2. The number of ketones is 1. The summed E-state index contributed by atoms with van der Waals surface area (Å²) in [7, 11) is 0. The SMILES string of the molecule is C=C/C=C/C1=C(C)C(=O)CC1. The summed E-state index contributed by atoms with van der Waals surface area (Å²) in [5.41, 5.74) is 2.08. The number of allylic oxidation sites excluding steroid dienone is 5. The van der Waals surface area contributed by atoms with Crippen molar-refractivity contribution < 1.29 is 4.79 Å². The lowest BCUT2D eigenvalue weighted by Gasteiger charge is -1.90. The van der Waals surface area contributed by atoms with Crippen molar-refractivity contribution in [3.05, 3.63) is 36.0 Å². The number of carbonyl (C=O) groups excluding carboxylic acids is 1. The average Bonchev–Trinajstić information content (AvgIpc) is 2.31. The Bertz CT molecular complexity index is 244. The zero-order valence-electron chi connectivity index (χ0n) is 6.76. The molecule has 58 valence electrons. The molecular weight excluding hydrogens is 136 g/mol. The molecule has 0 saturated carbocycles. The van der Waals surface area contributed by atoms with Crippen LogP contribution >= 0.6 is 0 Å². The smallest absolute Gasteiger partial charge is 0.159 e. The second-order valence-electron chi connectivity index (χ2n) is 2.67. The Hall–Kier alpha value is -1.11. The Labute approximate surface area is 67.1 Å². The first-order valence-electron chi connectivity index (χ1n) is 3.77. The minimum Gasteiger partial charge on any atom is -0.295 e. The minimum atomic E-state index is 0.286. The maximum Gasteiger partial charge on any atom is 0.159 e. The van der Waals surface area contributed by atoms with Crippen LogP contribution in [-0.4, -0.2) is 5.78 Å². The zero-order chi connectivity index (χ0) is 8.27. The van der Waals surface area contributed by atoms with Crippen molar-refractivity contribution in [2.75, 3.05) is 0 Å². The molecule has 0 unspecified atom stereocenters. The molecule has 0 atom stereocenters. The Morgan fingerprint density at radius 1 is 1.45 bits per heavy atom. The van der Waals surface area contributed by atoms with Crippen LogP contribution in [0.5, 0.6) is 0 Å². The summed E-state index contributed by atoms with van der Waals surface area (Å²) in [5.74, 6) is 0.286. The van der Waals surface area contributed by atoms with E-state index >= 15 is 0 Å². The van der Waals surface area contributed by atoms with Crippen LogP contribution in [0.4, 0.5) is 0 Å². The van der Waals surface area contributed by atoms with E-state index in [0.717, 1.165) is 17.6 Å². The maximum absolute atomic E-state index is 11.0. The first kappa shape index (κ1) is 7.99. The van der Waals surface area contributed by atoms with E-state index in [1.165, 1.54) is 0 Å². The Balaban J connectivity index is 2.79. The molecule has 1 heteroatoms. The molecule has 0 N–H and O–H groups in total. The summed E-state index contributed by atoms with van der Waals surface area (Å²) < 4.78 is 0. The Morgan fingerprint density at radius 3 is 2.64 bits per heavy atom. The first-order valence-corrected chi connectivity index (χ1v) is 3.77. The van der Waals surface area contributed by atoms with Gasteiger partial charge in [-0.25, -0.2) is 0 Å². The zero-order valence-corrected chi connectivity index (χ0v) is 6.76. The molecule has 0 saturated heterocycles. The third kappa shape index (κ3) is 1.67. The molecule has 0 heterocycles. The van der Waals surface area contributed by atoms with Gasteiger partial charge in [0.2, 0.25) is 0 Å². The van der Waals surface area contributed by atoms with Crippen molar-refractivity contribution >= 4 is 5.78 Å². The highest BCUT2D eigenvalue weighted by Gasteiger charge is 2.16. The van der Waals surface area contributed by atoms with E-state index in [-0.39, 0.29) is 5.78 Å². The van der Waals surface area contributed by atoms with Gasteiger partial charge in [-0.3, -0.25) is 4.79 Å². The van der Waals surface area contributed by atoms with Crippen LogP contribution in [0.3, 0.4) is 0 Å². The molecule has 1 nitrogen and oxygen atoms in total. The molecule has 0 spiro atoms. The van der Waals surface area contributed by atoms with Gasteiger partial charge in [0.25, 0.3) is 0 Å². The Morgan fingerprint density at radius 2 is 2.18 bits per heavy atom.